The third-order valence-corrected chi connectivity index (χ3v) is 2.75. The van der Waals surface area contributed by atoms with E-state index < -0.39 is 0 Å². The molecule has 1 saturated heterocycles. The summed E-state index contributed by atoms with van der Waals surface area (Å²) in [6, 6.07) is 7.05. The first-order valence-corrected chi connectivity index (χ1v) is 7.99. The standard InChI is InChI=1S/C11H14ClN3O.C5H12.C2H2/c12-9-1-3-10(4-2-9)14-11(16)15-7-5-13-6-8-15;1-5(2,3)4;1-2/h1-4,13H,5-8H2,(H,14,16);1-4H3;1-2H. The number of halogens is 1. The second-order valence-electron chi connectivity index (χ2n) is 6.67. The van der Waals surface area contributed by atoms with Crippen molar-refractivity contribution in [3.8, 4) is 12.8 Å². The van der Waals surface area contributed by atoms with Crippen LogP contribution in [0.2, 0.25) is 5.02 Å². The highest BCUT2D eigenvalue weighted by atomic mass is 35.5. The molecular weight excluding hydrogens is 310 g/mol. The van der Waals surface area contributed by atoms with Crippen molar-refractivity contribution in [3.63, 3.8) is 0 Å². The average Bonchev–Trinajstić information content (AvgIpc) is 2.51. The first kappa shape index (κ1) is 21.3. The van der Waals surface area contributed by atoms with Crippen molar-refractivity contribution in [3.05, 3.63) is 29.3 Å². The molecule has 0 saturated carbocycles. The molecule has 128 valence electrons. The smallest absolute Gasteiger partial charge is 0.321 e. The van der Waals surface area contributed by atoms with Crippen molar-refractivity contribution in [2.75, 3.05) is 31.5 Å². The lowest BCUT2D eigenvalue weighted by Crippen LogP contribution is -2.48. The second-order valence-corrected chi connectivity index (χ2v) is 7.11. The Morgan fingerprint density at radius 3 is 2.00 bits per heavy atom. The van der Waals surface area contributed by atoms with Gasteiger partial charge in [-0.2, -0.15) is 0 Å². The van der Waals surface area contributed by atoms with Crippen LogP contribution in [0.15, 0.2) is 24.3 Å². The molecular formula is C18H28ClN3O. The van der Waals surface area contributed by atoms with Gasteiger partial charge in [-0.3, -0.25) is 0 Å². The molecule has 0 aromatic heterocycles. The van der Waals surface area contributed by atoms with E-state index in [2.05, 4.69) is 51.2 Å². The molecule has 23 heavy (non-hydrogen) atoms. The first-order valence-electron chi connectivity index (χ1n) is 7.61. The molecule has 0 bridgehead atoms. The number of benzene rings is 1. The number of terminal acetylenes is 1. The number of nitrogens with one attached hydrogen (secondary N) is 2. The molecule has 1 heterocycles. The summed E-state index contributed by atoms with van der Waals surface area (Å²) >= 11 is 5.77. The molecule has 1 aliphatic heterocycles. The number of nitrogens with zero attached hydrogens (tertiary/aromatic N) is 1. The lowest BCUT2D eigenvalue weighted by molar-refractivity contribution is 0.204. The highest BCUT2D eigenvalue weighted by Crippen LogP contribution is 2.14. The van der Waals surface area contributed by atoms with Crippen molar-refractivity contribution in [1.29, 1.82) is 0 Å². The maximum atomic E-state index is 11.8. The number of hydrogen-bond donors (Lipinski definition) is 2. The Morgan fingerprint density at radius 1 is 1.13 bits per heavy atom. The Bertz CT molecular complexity index is 465. The highest BCUT2D eigenvalue weighted by molar-refractivity contribution is 6.30. The fourth-order valence-electron chi connectivity index (χ4n) is 1.60. The summed E-state index contributed by atoms with van der Waals surface area (Å²) in [6.07, 6.45) is 8.00. The Hall–Kier alpha value is -1.70. The SMILES string of the molecule is C#C.CC(C)(C)C.O=C(Nc1ccc(Cl)cc1)N1CCNCC1. The first-order chi connectivity index (χ1) is 10.8. The topological polar surface area (TPSA) is 44.4 Å². The number of carbonyl (C=O) groups is 1. The van der Waals surface area contributed by atoms with Crippen LogP contribution in [0.25, 0.3) is 0 Å². The van der Waals surface area contributed by atoms with E-state index in [-0.39, 0.29) is 6.03 Å². The molecule has 2 amide bonds. The van der Waals surface area contributed by atoms with Crippen LogP contribution in [0.1, 0.15) is 27.7 Å². The molecule has 2 rings (SSSR count). The van der Waals surface area contributed by atoms with Gasteiger partial charge in [-0.1, -0.05) is 39.3 Å². The van der Waals surface area contributed by atoms with Gasteiger partial charge in [-0.25, -0.2) is 4.79 Å². The van der Waals surface area contributed by atoms with Crippen LogP contribution in [0.5, 0.6) is 0 Å². The van der Waals surface area contributed by atoms with Crippen LogP contribution in [0.4, 0.5) is 10.5 Å². The van der Waals surface area contributed by atoms with Crippen molar-refractivity contribution in [1.82, 2.24) is 10.2 Å². The third-order valence-electron chi connectivity index (χ3n) is 2.50. The molecule has 0 aliphatic carbocycles. The van der Waals surface area contributed by atoms with Crippen LogP contribution in [-0.4, -0.2) is 37.1 Å². The molecule has 1 aromatic carbocycles. The van der Waals surface area contributed by atoms with E-state index >= 15 is 0 Å². The van der Waals surface area contributed by atoms with Crippen LogP contribution in [0, 0.1) is 18.3 Å². The summed E-state index contributed by atoms with van der Waals surface area (Å²) in [4.78, 5) is 13.6. The van der Waals surface area contributed by atoms with E-state index in [9.17, 15) is 4.79 Å². The van der Waals surface area contributed by atoms with Crippen LogP contribution < -0.4 is 10.6 Å². The van der Waals surface area contributed by atoms with Gasteiger partial charge in [0.2, 0.25) is 0 Å². The Kier molecular flexibility index (Phi) is 10.1. The van der Waals surface area contributed by atoms with Crippen molar-refractivity contribution in [2.45, 2.75) is 27.7 Å². The van der Waals surface area contributed by atoms with Gasteiger partial charge in [-0.15, -0.1) is 12.8 Å². The number of urea groups is 1. The third kappa shape index (κ3) is 11.5. The lowest BCUT2D eigenvalue weighted by atomic mass is 10.0. The normalized spacial score (nSPS) is 13.8. The molecule has 5 heteroatoms. The second kappa shape index (κ2) is 10.9. The predicted octanol–water partition coefficient (Wildman–Crippen LogP) is 4.08. The van der Waals surface area contributed by atoms with Gasteiger partial charge in [0.05, 0.1) is 0 Å². The van der Waals surface area contributed by atoms with Crippen molar-refractivity contribution in [2.24, 2.45) is 5.41 Å². The number of rotatable bonds is 1. The van der Waals surface area contributed by atoms with Gasteiger partial charge >= 0.3 is 6.03 Å². The monoisotopic (exact) mass is 337 g/mol. The largest absolute Gasteiger partial charge is 0.322 e. The molecule has 1 fully saturated rings. The van der Waals surface area contributed by atoms with E-state index in [4.69, 9.17) is 11.6 Å². The molecule has 0 unspecified atom stereocenters. The number of amides is 2. The zero-order chi connectivity index (χ0) is 17.9. The molecule has 1 aliphatic rings. The van der Waals surface area contributed by atoms with Gasteiger partial charge in [0.15, 0.2) is 0 Å². The summed E-state index contributed by atoms with van der Waals surface area (Å²) < 4.78 is 0. The van der Waals surface area contributed by atoms with E-state index in [1.54, 1.807) is 29.2 Å². The summed E-state index contributed by atoms with van der Waals surface area (Å²) in [6.45, 7) is 12.0. The van der Waals surface area contributed by atoms with Gasteiger partial charge in [0.25, 0.3) is 0 Å². The van der Waals surface area contributed by atoms with Crippen LogP contribution in [0.3, 0.4) is 0 Å². The fraction of sp³-hybridized carbons (Fsp3) is 0.500. The van der Waals surface area contributed by atoms with Crippen molar-refractivity contribution >= 4 is 23.3 Å². The van der Waals surface area contributed by atoms with Crippen molar-refractivity contribution < 1.29 is 4.79 Å². The molecule has 2 N–H and O–H groups in total. The minimum Gasteiger partial charge on any atom is -0.322 e. The number of hydrogen-bond acceptors (Lipinski definition) is 2. The number of piperazine rings is 1. The zero-order valence-electron chi connectivity index (χ0n) is 14.5. The fourth-order valence-corrected chi connectivity index (χ4v) is 1.73. The van der Waals surface area contributed by atoms with E-state index in [0.29, 0.717) is 10.4 Å². The van der Waals surface area contributed by atoms with Gasteiger partial charge in [-0.05, 0) is 29.7 Å². The highest BCUT2D eigenvalue weighted by Gasteiger charge is 2.15. The quantitative estimate of drug-likeness (QED) is 0.758. The maximum Gasteiger partial charge on any atom is 0.321 e. The van der Waals surface area contributed by atoms with Gasteiger partial charge in [0, 0.05) is 36.9 Å². The lowest BCUT2D eigenvalue weighted by Gasteiger charge is -2.27. The van der Waals surface area contributed by atoms with Gasteiger partial charge in [0.1, 0.15) is 0 Å². The van der Waals surface area contributed by atoms with E-state index in [0.717, 1.165) is 31.9 Å². The molecule has 0 atom stereocenters. The summed E-state index contributed by atoms with van der Waals surface area (Å²) in [5.74, 6) is 0. The minimum atomic E-state index is -0.0520. The van der Waals surface area contributed by atoms with Gasteiger partial charge < -0.3 is 15.5 Å². The average molecular weight is 338 g/mol. The minimum absolute atomic E-state index is 0.0520. The summed E-state index contributed by atoms with van der Waals surface area (Å²) in [5.41, 5.74) is 1.27. The summed E-state index contributed by atoms with van der Waals surface area (Å²) in [7, 11) is 0. The zero-order valence-corrected chi connectivity index (χ0v) is 15.3. The molecule has 0 radical (unpaired) electrons. The Balaban J connectivity index is 0.000000594. The number of carbonyl (C=O) groups excluding carboxylic acids is 1. The summed E-state index contributed by atoms with van der Waals surface area (Å²) in [5, 5.41) is 6.71. The Morgan fingerprint density at radius 2 is 1.57 bits per heavy atom. The molecule has 1 aromatic rings. The molecule has 4 nitrogen and oxygen atoms in total. The molecule has 0 spiro atoms. The Labute approximate surface area is 145 Å². The van der Waals surface area contributed by atoms with E-state index in [1.165, 1.54) is 0 Å². The number of anilines is 1. The maximum absolute atomic E-state index is 11.8. The van der Waals surface area contributed by atoms with Crippen LogP contribution in [-0.2, 0) is 0 Å². The van der Waals surface area contributed by atoms with E-state index in [1.807, 2.05) is 0 Å². The van der Waals surface area contributed by atoms with Crippen LogP contribution >= 0.6 is 11.6 Å². The predicted molar refractivity (Wildman–Crippen MR) is 99.9 cm³/mol.